The van der Waals surface area contributed by atoms with Crippen molar-refractivity contribution in [3.05, 3.63) is 52.4 Å². The quantitative estimate of drug-likeness (QED) is 0.716. The number of aryl methyl sites for hydroxylation is 1. The highest BCUT2D eigenvalue weighted by molar-refractivity contribution is 6.33. The number of nitrogens with two attached hydrogens (primary N) is 1. The Kier molecular flexibility index (Phi) is 4.55. The van der Waals surface area contributed by atoms with Crippen LogP contribution in [0.1, 0.15) is 34.6 Å². The highest BCUT2D eigenvalue weighted by atomic mass is 35.5. The lowest BCUT2D eigenvalue weighted by Crippen LogP contribution is -2.13. The number of furan rings is 1. The zero-order chi connectivity index (χ0) is 18.1. The van der Waals surface area contributed by atoms with Crippen LogP contribution in [0, 0.1) is 6.92 Å². The smallest absolute Gasteiger partial charge is 0.250 e. The number of amides is 1. The predicted octanol–water partition coefficient (Wildman–Crippen LogP) is 4.07. The SMILES string of the molecule is COc1ccc2oc(C(C)Nc3ncc(C(N)=O)cc3Cl)c(C)c2c1. The first-order valence-electron chi connectivity index (χ1n) is 7.69. The molecule has 0 bridgehead atoms. The molecule has 0 spiro atoms. The molecule has 0 aliphatic heterocycles. The van der Waals surface area contributed by atoms with Gasteiger partial charge in [0.15, 0.2) is 0 Å². The van der Waals surface area contributed by atoms with Gasteiger partial charge in [0.2, 0.25) is 5.91 Å². The summed E-state index contributed by atoms with van der Waals surface area (Å²) in [5, 5.41) is 4.51. The molecule has 130 valence electrons. The standard InChI is InChI=1S/C18H18ClN3O3/c1-9-13-7-12(24-3)4-5-15(13)25-16(9)10(2)22-18-14(19)6-11(8-21-18)17(20)23/h4-8,10H,1-3H3,(H2,20,23)(H,21,22). The molecule has 2 aromatic heterocycles. The van der Waals surface area contributed by atoms with Crippen LogP contribution >= 0.6 is 11.6 Å². The van der Waals surface area contributed by atoms with Crippen LogP contribution in [0.3, 0.4) is 0 Å². The van der Waals surface area contributed by atoms with Gasteiger partial charge < -0.3 is 20.2 Å². The molecule has 0 aliphatic carbocycles. The Labute approximate surface area is 149 Å². The second-order valence-corrected chi connectivity index (χ2v) is 6.15. The van der Waals surface area contributed by atoms with Crippen molar-refractivity contribution in [1.29, 1.82) is 0 Å². The summed E-state index contributed by atoms with van der Waals surface area (Å²) in [6.45, 7) is 3.94. The number of ether oxygens (including phenoxy) is 1. The summed E-state index contributed by atoms with van der Waals surface area (Å²) in [4.78, 5) is 15.4. The fraction of sp³-hybridized carbons (Fsp3) is 0.222. The number of methoxy groups -OCH3 is 1. The number of halogens is 1. The van der Waals surface area contributed by atoms with Gasteiger partial charge >= 0.3 is 0 Å². The van der Waals surface area contributed by atoms with Gasteiger partial charge in [0.25, 0.3) is 0 Å². The molecule has 2 heterocycles. The van der Waals surface area contributed by atoms with Crippen molar-refractivity contribution in [2.45, 2.75) is 19.9 Å². The molecule has 7 heteroatoms. The van der Waals surface area contributed by atoms with E-state index in [4.69, 9.17) is 26.5 Å². The number of nitrogens with one attached hydrogen (secondary N) is 1. The Bertz CT molecular complexity index is 952. The number of benzene rings is 1. The highest BCUT2D eigenvalue weighted by Gasteiger charge is 2.19. The van der Waals surface area contributed by atoms with E-state index >= 15 is 0 Å². The minimum absolute atomic E-state index is 0.178. The zero-order valence-corrected chi connectivity index (χ0v) is 14.8. The molecule has 0 saturated carbocycles. The maximum absolute atomic E-state index is 11.2. The van der Waals surface area contributed by atoms with E-state index in [-0.39, 0.29) is 11.6 Å². The number of fused-ring (bicyclic) bond motifs is 1. The number of carbonyl (C=O) groups excluding carboxylic acids is 1. The third-order valence-electron chi connectivity index (χ3n) is 4.05. The largest absolute Gasteiger partial charge is 0.497 e. The van der Waals surface area contributed by atoms with Crippen molar-refractivity contribution >= 4 is 34.3 Å². The molecule has 3 N–H and O–H groups in total. The van der Waals surface area contributed by atoms with Gasteiger partial charge in [-0.15, -0.1) is 0 Å². The molecule has 0 saturated heterocycles. The van der Waals surface area contributed by atoms with Gasteiger partial charge in [0, 0.05) is 17.1 Å². The van der Waals surface area contributed by atoms with E-state index < -0.39 is 5.91 Å². The van der Waals surface area contributed by atoms with Crippen LogP contribution < -0.4 is 15.8 Å². The third kappa shape index (κ3) is 3.25. The van der Waals surface area contributed by atoms with Gasteiger partial charge in [-0.2, -0.15) is 0 Å². The first kappa shape index (κ1) is 17.1. The van der Waals surface area contributed by atoms with E-state index in [9.17, 15) is 4.79 Å². The van der Waals surface area contributed by atoms with Crippen LogP contribution in [0.4, 0.5) is 5.82 Å². The molecule has 6 nitrogen and oxygen atoms in total. The van der Waals surface area contributed by atoms with Crippen molar-refractivity contribution in [3.8, 4) is 5.75 Å². The van der Waals surface area contributed by atoms with Gasteiger partial charge in [-0.3, -0.25) is 4.79 Å². The molecule has 1 unspecified atom stereocenters. The molecule has 1 aromatic carbocycles. The van der Waals surface area contributed by atoms with Gasteiger partial charge in [0.1, 0.15) is 22.9 Å². The van der Waals surface area contributed by atoms with Gasteiger partial charge in [-0.1, -0.05) is 11.6 Å². The fourth-order valence-corrected chi connectivity index (χ4v) is 2.93. The minimum atomic E-state index is -0.573. The van der Waals surface area contributed by atoms with E-state index in [0.717, 1.165) is 28.0 Å². The maximum Gasteiger partial charge on any atom is 0.250 e. The second-order valence-electron chi connectivity index (χ2n) is 5.74. The van der Waals surface area contributed by atoms with E-state index in [1.54, 1.807) is 7.11 Å². The van der Waals surface area contributed by atoms with Crippen molar-refractivity contribution in [2.75, 3.05) is 12.4 Å². The molecule has 3 rings (SSSR count). The Morgan fingerprint density at radius 3 is 2.80 bits per heavy atom. The summed E-state index contributed by atoms with van der Waals surface area (Å²) in [7, 11) is 1.63. The Morgan fingerprint density at radius 1 is 1.40 bits per heavy atom. The number of aromatic nitrogens is 1. The van der Waals surface area contributed by atoms with E-state index in [0.29, 0.717) is 10.8 Å². The highest BCUT2D eigenvalue weighted by Crippen LogP contribution is 2.34. The van der Waals surface area contributed by atoms with Gasteiger partial charge in [-0.05, 0) is 38.1 Å². The molecule has 3 aromatic rings. The number of anilines is 1. The summed E-state index contributed by atoms with van der Waals surface area (Å²) >= 11 is 6.18. The van der Waals surface area contributed by atoms with E-state index in [1.165, 1.54) is 12.3 Å². The lowest BCUT2D eigenvalue weighted by Gasteiger charge is -2.14. The summed E-state index contributed by atoms with van der Waals surface area (Å²) in [5.74, 6) is 1.43. The number of nitrogens with zero attached hydrogens (tertiary/aromatic N) is 1. The van der Waals surface area contributed by atoms with Crippen LogP contribution in [0.15, 0.2) is 34.9 Å². The van der Waals surface area contributed by atoms with E-state index in [1.807, 2.05) is 32.0 Å². The normalized spacial score (nSPS) is 12.2. The molecule has 0 fully saturated rings. The second kappa shape index (κ2) is 6.64. The molecular formula is C18H18ClN3O3. The van der Waals surface area contributed by atoms with Crippen molar-refractivity contribution < 1.29 is 13.9 Å². The first-order valence-corrected chi connectivity index (χ1v) is 8.07. The molecule has 0 aliphatic rings. The number of carbonyl (C=O) groups is 1. The monoisotopic (exact) mass is 359 g/mol. The average Bonchev–Trinajstić information content (AvgIpc) is 2.92. The topological polar surface area (TPSA) is 90.4 Å². The molecule has 1 amide bonds. The lowest BCUT2D eigenvalue weighted by molar-refractivity contribution is 0.1000. The summed E-state index contributed by atoms with van der Waals surface area (Å²) in [6.07, 6.45) is 1.39. The minimum Gasteiger partial charge on any atom is -0.497 e. The summed E-state index contributed by atoms with van der Waals surface area (Å²) in [6, 6.07) is 6.99. The van der Waals surface area contributed by atoms with Gasteiger partial charge in [-0.25, -0.2) is 4.98 Å². The number of rotatable bonds is 5. The van der Waals surface area contributed by atoms with Crippen LogP contribution in [-0.2, 0) is 0 Å². The first-order chi connectivity index (χ1) is 11.9. The molecule has 25 heavy (non-hydrogen) atoms. The predicted molar refractivity (Wildman–Crippen MR) is 97.3 cm³/mol. The number of pyridine rings is 1. The maximum atomic E-state index is 11.2. The number of hydrogen-bond donors (Lipinski definition) is 2. The number of primary amides is 1. The van der Waals surface area contributed by atoms with Crippen LogP contribution in [0.2, 0.25) is 5.02 Å². The van der Waals surface area contributed by atoms with Gasteiger partial charge in [0.05, 0.1) is 23.7 Å². The van der Waals surface area contributed by atoms with Crippen molar-refractivity contribution in [3.63, 3.8) is 0 Å². The van der Waals surface area contributed by atoms with Crippen LogP contribution in [0.25, 0.3) is 11.0 Å². The lowest BCUT2D eigenvalue weighted by atomic mass is 10.1. The Morgan fingerprint density at radius 2 is 2.16 bits per heavy atom. The molecule has 0 radical (unpaired) electrons. The third-order valence-corrected chi connectivity index (χ3v) is 4.34. The van der Waals surface area contributed by atoms with Crippen molar-refractivity contribution in [2.24, 2.45) is 5.73 Å². The van der Waals surface area contributed by atoms with Crippen LogP contribution in [0.5, 0.6) is 5.75 Å². The summed E-state index contributed by atoms with van der Waals surface area (Å²) in [5.41, 5.74) is 7.28. The fourth-order valence-electron chi connectivity index (χ4n) is 2.71. The Hall–Kier alpha value is -2.73. The molecular weight excluding hydrogens is 342 g/mol. The zero-order valence-electron chi connectivity index (χ0n) is 14.1. The Balaban J connectivity index is 1.91. The molecule has 1 atom stereocenters. The van der Waals surface area contributed by atoms with E-state index in [2.05, 4.69) is 10.3 Å². The average molecular weight is 360 g/mol. The van der Waals surface area contributed by atoms with Crippen LogP contribution in [-0.4, -0.2) is 18.0 Å². The van der Waals surface area contributed by atoms with Crippen molar-refractivity contribution in [1.82, 2.24) is 4.98 Å². The summed E-state index contributed by atoms with van der Waals surface area (Å²) < 4.78 is 11.2. The number of hydrogen-bond acceptors (Lipinski definition) is 5.